The Labute approximate surface area is 92.9 Å². The smallest absolute Gasteiger partial charge is 0.0158 e. The summed E-state index contributed by atoms with van der Waals surface area (Å²) in [6, 6.07) is 11.7. The number of nitrogens with one attached hydrogen (secondary N) is 1. The van der Waals surface area contributed by atoms with E-state index in [0.29, 0.717) is 11.5 Å². The highest BCUT2D eigenvalue weighted by Gasteiger charge is 2.43. The molecule has 1 aliphatic carbocycles. The van der Waals surface area contributed by atoms with Gasteiger partial charge in [0.15, 0.2) is 0 Å². The number of rotatable bonds is 4. The second-order valence-corrected chi connectivity index (χ2v) is 4.63. The Kier molecular flexibility index (Phi) is 3.11. The van der Waals surface area contributed by atoms with Crippen LogP contribution in [0.5, 0.6) is 0 Å². The molecule has 0 amide bonds. The molecule has 0 heterocycles. The van der Waals surface area contributed by atoms with Gasteiger partial charge in [-0.25, -0.2) is 0 Å². The Hall–Kier alpha value is -0.820. The van der Waals surface area contributed by atoms with Gasteiger partial charge < -0.3 is 5.32 Å². The van der Waals surface area contributed by atoms with E-state index in [4.69, 9.17) is 0 Å². The summed E-state index contributed by atoms with van der Waals surface area (Å²) in [5.41, 5.74) is 1.95. The van der Waals surface area contributed by atoms with Crippen molar-refractivity contribution in [3.05, 3.63) is 35.9 Å². The number of likely N-dealkylation sites (N-methyl/N-ethyl adjacent to an activating group) is 1. The van der Waals surface area contributed by atoms with Crippen LogP contribution in [0, 0.1) is 0 Å². The van der Waals surface area contributed by atoms with E-state index in [9.17, 15) is 0 Å². The van der Waals surface area contributed by atoms with Crippen LogP contribution >= 0.6 is 0 Å². The molecule has 0 radical (unpaired) electrons. The van der Waals surface area contributed by atoms with Crippen LogP contribution in [0.1, 0.15) is 38.2 Å². The lowest BCUT2D eigenvalue weighted by atomic mass is 9.59. The van der Waals surface area contributed by atoms with E-state index in [1.165, 1.54) is 31.2 Å². The van der Waals surface area contributed by atoms with Crippen molar-refractivity contribution in [1.82, 2.24) is 5.32 Å². The Bertz CT molecular complexity index is 296. The molecule has 1 aromatic rings. The SMILES string of the molecule is CCC(NC)C1(c2ccccc2)CCC1. The standard InChI is InChI=1S/C14H21N/c1-3-13(15-2)14(10-7-11-14)12-8-5-4-6-9-12/h4-6,8-9,13,15H,3,7,10-11H2,1-2H3. The molecule has 1 heteroatoms. The minimum atomic E-state index is 0.421. The summed E-state index contributed by atoms with van der Waals surface area (Å²) >= 11 is 0. The zero-order valence-corrected chi connectivity index (χ0v) is 9.79. The summed E-state index contributed by atoms with van der Waals surface area (Å²) in [5, 5.41) is 3.49. The molecule has 1 saturated carbocycles. The second-order valence-electron chi connectivity index (χ2n) is 4.63. The van der Waals surface area contributed by atoms with Crippen LogP contribution in [-0.2, 0) is 5.41 Å². The fraction of sp³-hybridized carbons (Fsp3) is 0.571. The first-order valence-electron chi connectivity index (χ1n) is 6.06. The third-order valence-electron chi connectivity index (χ3n) is 4.02. The molecule has 2 rings (SSSR count). The molecule has 0 aliphatic heterocycles. The van der Waals surface area contributed by atoms with E-state index >= 15 is 0 Å². The van der Waals surface area contributed by atoms with Gasteiger partial charge in [-0.05, 0) is 31.9 Å². The van der Waals surface area contributed by atoms with Gasteiger partial charge in [0.25, 0.3) is 0 Å². The Morgan fingerprint density at radius 2 is 1.93 bits per heavy atom. The van der Waals surface area contributed by atoms with Gasteiger partial charge >= 0.3 is 0 Å². The summed E-state index contributed by atoms with van der Waals surface area (Å²) < 4.78 is 0. The molecule has 0 aromatic heterocycles. The molecule has 82 valence electrons. The first-order valence-corrected chi connectivity index (χ1v) is 6.06. The predicted molar refractivity (Wildman–Crippen MR) is 65.1 cm³/mol. The fourth-order valence-corrected chi connectivity index (χ4v) is 3.04. The van der Waals surface area contributed by atoms with Crippen LogP contribution in [0.2, 0.25) is 0 Å². The van der Waals surface area contributed by atoms with E-state index in [1.54, 1.807) is 0 Å². The highest BCUT2D eigenvalue weighted by atomic mass is 14.9. The van der Waals surface area contributed by atoms with Crippen molar-refractivity contribution >= 4 is 0 Å². The van der Waals surface area contributed by atoms with Gasteiger partial charge in [-0.3, -0.25) is 0 Å². The molecule has 0 spiro atoms. The predicted octanol–water partition coefficient (Wildman–Crippen LogP) is 3.11. The summed E-state index contributed by atoms with van der Waals surface area (Å²) in [4.78, 5) is 0. The normalized spacial score (nSPS) is 20.7. The van der Waals surface area contributed by atoms with E-state index in [-0.39, 0.29) is 0 Å². The van der Waals surface area contributed by atoms with Gasteiger partial charge in [-0.15, -0.1) is 0 Å². The highest BCUT2D eigenvalue weighted by molar-refractivity contribution is 5.30. The molecule has 1 aliphatic rings. The van der Waals surface area contributed by atoms with Crippen LogP contribution in [0.3, 0.4) is 0 Å². The van der Waals surface area contributed by atoms with Crippen LogP contribution in [0.4, 0.5) is 0 Å². The summed E-state index contributed by atoms with van der Waals surface area (Å²) in [6.07, 6.45) is 5.28. The van der Waals surface area contributed by atoms with Crippen LogP contribution in [0.15, 0.2) is 30.3 Å². The van der Waals surface area contributed by atoms with Gasteiger partial charge in [0, 0.05) is 11.5 Å². The average Bonchev–Trinajstić information content (AvgIpc) is 2.24. The lowest BCUT2D eigenvalue weighted by Crippen LogP contribution is -2.51. The summed E-state index contributed by atoms with van der Waals surface area (Å²) in [5.74, 6) is 0. The average molecular weight is 203 g/mol. The van der Waals surface area contributed by atoms with E-state index in [0.717, 1.165) is 0 Å². The monoisotopic (exact) mass is 203 g/mol. The first-order chi connectivity index (χ1) is 7.33. The molecule has 15 heavy (non-hydrogen) atoms. The van der Waals surface area contributed by atoms with Crippen molar-refractivity contribution < 1.29 is 0 Å². The topological polar surface area (TPSA) is 12.0 Å². The summed E-state index contributed by atoms with van der Waals surface area (Å²) in [7, 11) is 2.09. The zero-order chi connectivity index (χ0) is 10.7. The third kappa shape index (κ3) is 1.69. The molecular formula is C14H21N. The molecule has 1 nitrogen and oxygen atoms in total. The molecule has 0 bridgehead atoms. The van der Waals surface area contributed by atoms with Crippen molar-refractivity contribution in [3.8, 4) is 0 Å². The Morgan fingerprint density at radius 3 is 2.33 bits per heavy atom. The number of hydrogen-bond acceptors (Lipinski definition) is 1. The molecular weight excluding hydrogens is 182 g/mol. The quantitative estimate of drug-likeness (QED) is 0.793. The van der Waals surface area contributed by atoms with E-state index in [2.05, 4.69) is 49.6 Å². The Morgan fingerprint density at radius 1 is 1.27 bits per heavy atom. The van der Waals surface area contributed by atoms with E-state index in [1.807, 2.05) is 0 Å². The minimum Gasteiger partial charge on any atom is -0.316 e. The number of benzene rings is 1. The van der Waals surface area contributed by atoms with Gasteiger partial charge in [-0.1, -0.05) is 43.7 Å². The Balaban J connectivity index is 2.29. The molecule has 1 unspecified atom stereocenters. The van der Waals surface area contributed by atoms with Crippen LogP contribution < -0.4 is 5.32 Å². The van der Waals surface area contributed by atoms with Crippen molar-refractivity contribution in [2.24, 2.45) is 0 Å². The summed E-state index contributed by atoms with van der Waals surface area (Å²) in [6.45, 7) is 2.28. The van der Waals surface area contributed by atoms with Crippen LogP contribution in [-0.4, -0.2) is 13.1 Å². The molecule has 1 N–H and O–H groups in total. The lowest BCUT2D eigenvalue weighted by molar-refractivity contribution is 0.171. The second kappa shape index (κ2) is 4.36. The van der Waals surface area contributed by atoms with E-state index < -0.39 is 0 Å². The highest BCUT2D eigenvalue weighted by Crippen LogP contribution is 2.47. The fourth-order valence-electron chi connectivity index (χ4n) is 3.04. The largest absolute Gasteiger partial charge is 0.316 e. The van der Waals surface area contributed by atoms with Gasteiger partial charge in [0.2, 0.25) is 0 Å². The molecule has 1 aromatic carbocycles. The molecule has 1 fully saturated rings. The van der Waals surface area contributed by atoms with Crippen LogP contribution in [0.25, 0.3) is 0 Å². The van der Waals surface area contributed by atoms with Crippen molar-refractivity contribution in [2.75, 3.05) is 7.05 Å². The minimum absolute atomic E-state index is 0.421. The lowest BCUT2D eigenvalue weighted by Gasteiger charge is -2.48. The van der Waals surface area contributed by atoms with Gasteiger partial charge in [-0.2, -0.15) is 0 Å². The maximum atomic E-state index is 3.49. The number of hydrogen-bond donors (Lipinski definition) is 1. The molecule has 1 atom stereocenters. The maximum Gasteiger partial charge on any atom is 0.0158 e. The first kappa shape index (κ1) is 10.7. The van der Waals surface area contributed by atoms with Gasteiger partial charge in [0.05, 0.1) is 0 Å². The van der Waals surface area contributed by atoms with Gasteiger partial charge in [0.1, 0.15) is 0 Å². The van der Waals surface area contributed by atoms with Crippen molar-refractivity contribution in [1.29, 1.82) is 0 Å². The molecule has 0 saturated heterocycles. The van der Waals surface area contributed by atoms with Crippen molar-refractivity contribution in [3.63, 3.8) is 0 Å². The zero-order valence-electron chi connectivity index (χ0n) is 9.79. The van der Waals surface area contributed by atoms with Crippen molar-refractivity contribution in [2.45, 2.75) is 44.1 Å². The third-order valence-corrected chi connectivity index (χ3v) is 4.02. The maximum absolute atomic E-state index is 3.49.